The molecular formula is C34H51N9O10S2. The topological polar surface area (TPSA) is 317 Å². The maximum Gasteiger partial charge on any atom is 0.327 e. The third-order valence-corrected chi connectivity index (χ3v) is 9.43. The van der Waals surface area contributed by atoms with Gasteiger partial charge >= 0.3 is 5.97 Å². The number of carboxylic acids is 1. The van der Waals surface area contributed by atoms with Crippen LogP contribution >= 0.6 is 25.3 Å². The number of aromatic amines is 1. The van der Waals surface area contributed by atoms with Crippen LogP contribution in [0.2, 0.25) is 0 Å². The number of rotatable bonds is 23. The summed E-state index contributed by atoms with van der Waals surface area (Å²) in [5.41, 5.74) is 12.2. The number of aliphatic hydroxyl groups is 1. The van der Waals surface area contributed by atoms with Crippen molar-refractivity contribution in [1.82, 2.24) is 36.9 Å². The zero-order chi connectivity index (χ0) is 41.4. The number of benzene rings is 1. The van der Waals surface area contributed by atoms with Crippen LogP contribution in [0.3, 0.4) is 0 Å². The Balaban J connectivity index is 2.30. The first-order valence-corrected chi connectivity index (χ1v) is 18.7. The summed E-state index contributed by atoms with van der Waals surface area (Å²) < 4.78 is 0. The van der Waals surface area contributed by atoms with E-state index in [1.165, 1.54) is 6.92 Å². The number of H-pyrrole nitrogens is 1. The van der Waals surface area contributed by atoms with Crippen LogP contribution in [0, 0.1) is 5.92 Å². The molecule has 0 bridgehead atoms. The molecule has 0 saturated heterocycles. The number of hydrogen-bond acceptors (Lipinski definition) is 12. The monoisotopic (exact) mass is 809 g/mol. The van der Waals surface area contributed by atoms with Gasteiger partial charge in [-0.3, -0.25) is 33.6 Å². The zero-order valence-electron chi connectivity index (χ0n) is 30.7. The second-order valence-corrected chi connectivity index (χ2v) is 13.7. The van der Waals surface area contributed by atoms with Crippen LogP contribution < -0.4 is 43.4 Å². The molecule has 0 unspecified atom stereocenters. The van der Waals surface area contributed by atoms with Gasteiger partial charge in [-0.05, 0) is 30.9 Å². The van der Waals surface area contributed by atoms with Gasteiger partial charge in [0.2, 0.25) is 41.4 Å². The quantitative estimate of drug-likeness (QED) is 0.0509. The second kappa shape index (κ2) is 22.5. The maximum atomic E-state index is 13.9. The lowest BCUT2D eigenvalue weighted by Crippen LogP contribution is -2.61. The minimum absolute atomic E-state index is 0.0388. The van der Waals surface area contributed by atoms with Crippen molar-refractivity contribution >= 4 is 83.5 Å². The molecule has 0 spiro atoms. The van der Waals surface area contributed by atoms with E-state index in [0.29, 0.717) is 12.0 Å². The number of primary amides is 1. The van der Waals surface area contributed by atoms with E-state index in [2.05, 4.69) is 62.1 Å². The molecule has 304 valence electrons. The smallest absolute Gasteiger partial charge is 0.327 e. The van der Waals surface area contributed by atoms with Crippen LogP contribution in [0.25, 0.3) is 10.9 Å². The summed E-state index contributed by atoms with van der Waals surface area (Å²) in [5, 5.41) is 35.2. The summed E-state index contributed by atoms with van der Waals surface area (Å²) in [6.45, 7) is 3.92. The Morgan fingerprint density at radius 2 is 1.42 bits per heavy atom. The molecule has 1 aromatic carbocycles. The van der Waals surface area contributed by atoms with Gasteiger partial charge in [0.15, 0.2) is 0 Å². The summed E-state index contributed by atoms with van der Waals surface area (Å²) in [7, 11) is 0. The van der Waals surface area contributed by atoms with Gasteiger partial charge in [0, 0.05) is 41.4 Å². The number of carbonyl (C=O) groups excluding carboxylic acids is 7. The van der Waals surface area contributed by atoms with E-state index in [-0.39, 0.29) is 30.8 Å². The number of thiol groups is 2. The molecule has 8 atom stereocenters. The fourth-order valence-electron chi connectivity index (χ4n) is 5.23. The number of para-hydroxylation sites is 1. The van der Waals surface area contributed by atoms with Gasteiger partial charge in [-0.2, -0.15) is 25.3 Å². The average Bonchev–Trinajstić information content (AvgIpc) is 3.56. The third-order valence-electron chi connectivity index (χ3n) is 8.67. The highest BCUT2D eigenvalue weighted by Crippen LogP contribution is 2.20. The van der Waals surface area contributed by atoms with Crippen molar-refractivity contribution in [2.24, 2.45) is 17.4 Å². The molecule has 1 heterocycles. The Morgan fingerprint density at radius 3 is 2.00 bits per heavy atom. The van der Waals surface area contributed by atoms with Crippen LogP contribution in [0.1, 0.15) is 45.6 Å². The summed E-state index contributed by atoms with van der Waals surface area (Å²) in [6.07, 6.45) is -0.0705. The van der Waals surface area contributed by atoms with Gasteiger partial charge in [-0.1, -0.05) is 38.5 Å². The minimum atomic E-state index is -1.65. The largest absolute Gasteiger partial charge is 0.480 e. The van der Waals surface area contributed by atoms with Gasteiger partial charge in [0.05, 0.1) is 18.7 Å². The van der Waals surface area contributed by atoms with Gasteiger partial charge in [-0.25, -0.2) is 4.79 Å². The number of hydrogen-bond donors (Lipinski definition) is 13. The molecule has 2 rings (SSSR count). The number of nitrogens with one attached hydrogen (secondary N) is 7. The molecule has 21 heteroatoms. The second-order valence-electron chi connectivity index (χ2n) is 12.9. The molecule has 0 aliphatic carbocycles. The van der Waals surface area contributed by atoms with E-state index in [0.717, 1.165) is 10.9 Å². The summed E-state index contributed by atoms with van der Waals surface area (Å²) >= 11 is 7.92. The van der Waals surface area contributed by atoms with Crippen molar-refractivity contribution in [3.05, 3.63) is 36.0 Å². The number of fused-ring (bicyclic) bond motifs is 1. The molecule has 7 amide bonds. The number of aliphatic carboxylic acids is 1. The molecular weight excluding hydrogens is 759 g/mol. The first-order valence-electron chi connectivity index (χ1n) is 17.4. The van der Waals surface area contributed by atoms with Gasteiger partial charge in [0.1, 0.15) is 30.2 Å². The molecule has 2 aromatic rings. The van der Waals surface area contributed by atoms with E-state index < -0.39 is 102 Å². The Morgan fingerprint density at radius 1 is 0.800 bits per heavy atom. The van der Waals surface area contributed by atoms with Crippen molar-refractivity contribution in [1.29, 1.82) is 0 Å². The average molecular weight is 810 g/mol. The molecule has 0 aliphatic rings. The zero-order valence-corrected chi connectivity index (χ0v) is 32.5. The minimum Gasteiger partial charge on any atom is -0.480 e. The highest BCUT2D eigenvalue weighted by molar-refractivity contribution is 7.80. The molecule has 1 aromatic heterocycles. The normalized spacial score (nSPS) is 15.5. The molecule has 55 heavy (non-hydrogen) atoms. The highest BCUT2D eigenvalue weighted by atomic mass is 32.1. The lowest BCUT2D eigenvalue weighted by molar-refractivity contribution is -0.142. The van der Waals surface area contributed by atoms with E-state index in [4.69, 9.17) is 11.5 Å². The Kier molecular flexibility index (Phi) is 18.9. The number of nitrogens with two attached hydrogens (primary N) is 2. The maximum absolute atomic E-state index is 13.9. The van der Waals surface area contributed by atoms with Crippen molar-refractivity contribution in [3.63, 3.8) is 0 Å². The Hall–Kier alpha value is -4.86. The molecule has 0 saturated carbocycles. The van der Waals surface area contributed by atoms with E-state index in [9.17, 15) is 48.6 Å². The summed E-state index contributed by atoms with van der Waals surface area (Å²) in [6, 6.07) is -0.783. The number of aromatic nitrogens is 1. The van der Waals surface area contributed by atoms with Gasteiger partial charge < -0.3 is 58.6 Å². The lowest BCUT2D eigenvalue weighted by Gasteiger charge is -2.29. The van der Waals surface area contributed by atoms with Crippen LogP contribution in [-0.2, 0) is 44.8 Å². The molecule has 0 fully saturated rings. The summed E-state index contributed by atoms with van der Waals surface area (Å²) in [4.78, 5) is 105. The van der Waals surface area contributed by atoms with Crippen molar-refractivity contribution in [2.75, 3.05) is 18.1 Å². The lowest BCUT2D eigenvalue weighted by atomic mass is 9.96. The predicted octanol–water partition coefficient (Wildman–Crippen LogP) is -2.79. The van der Waals surface area contributed by atoms with Crippen LogP contribution in [0.15, 0.2) is 30.5 Å². The van der Waals surface area contributed by atoms with E-state index in [1.807, 2.05) is 0 Å². The Labute approximate surface area is 328 Å². The fraction of sp³-hybridized carbons (Fsp3) is 0.529. The van der Waals surface area contributed by atoms with E-state index in [1.54, 1.807) is 44.3 Å². The first kappa shape index (κ1) is 46.3. The summed E-state index contributed by atoms with van der Waals surface area (Å²) in [5.74, 6) is -7.93. The molecule has 13 N–H and O–H groups in total. The fourth-order valence-corrected chi connectivity index (χ4v) is 5.64. The number of carbonyl (C=O) groups is 8. The third kappa shape index (κ3) is 14.4. The van der Waals surface area contributed by atoms with E-state index >= 15 is 0 Å². The first-order chi connectivity index (χ1) is 25.9. The van der Waals surface area contributed by atoms with Crippen molar-refractivity contribution < 1.29 is 48.6 Å². The number of aliphatic hydroxyl groups excluding tert-OH is 1. The van der Waals surface area contributed by atoms with Gasteiger partial charge in [0.25, 0.3) is 0 Å². The van der Waals surface area contributed by atoms with Crippen LogP contribution in [0.4, 0.5) is 0 Å². The highest BCUT2D eigenvalue weighted by Gasteiger charge is 2.35. The predicted molar refractivity (Wildman–Crippen MR) is 208 cm³/mol. The van der Waals surface area contributed by atoms with Crippen molar-refractivity contribution in [2.45, 2.75) is 88.8 Å². The van der Waals surface area contributed by atoms with Gasteiger partial charge in [-0.15, -0.1) is 0 Å². The van der Waals surface area contributed by atoms with Crippen LogP contribution in [0.5, 0.6) is 0 Å². The number of carboxylic acid groups (broad SMARTS) is 1. The molecule has 0 aliphatic heterocycles. The number of amides is 7. The van der Waals surface area contributed by atoms with Crippen molar-refractivity contribution in [3.8, 4) is 0 Å². The van der Waals surface area contributed by atoms with Crippen LogP contribution in [-0.4, -0.2) is 123 Å². The molecule has 0 radical (unpaired) electrons. The standard InChI is InChI=1S/C34H51N9O10S2/c1-4-16(2)27(32(50)41-24(15-55)34(52)53)43-31(49)23(11-18-12-37-21-8-6-5-7-19(18)21)40-33(51)28(17(3)44)42-26(46)13-38-30(48)22(9-10-25(36)45)39-29(47)20(35)14-54/h5-8,12,16-17,20,22-24,27-28,37,44,54-55H,4,9-11,13-15,35H2,1-3H3,(H2,36,45)(H,38,48)(H,39,47)(H,40,51)(H,41,50)(H,42,46)(H,43,49)(H,52,53)/t16-,17+,20-,22-,23-,24-,27-,28-/m0/s1. The SMILES string of the molecule is CC[C@H](C)[C@H](NC(=O)[C@H](Cc1c[nH]c2ccccc12)NC(=O)[C@@H](NC(=O)CNC(=O)[C@H](CCC(N)=O)NC(=O)[C@@H](N)CS)[C@@H](C)O)C(=O)N[C@@H](CS)C(=O)O. The Bertz CT molecular complexity index is 1690. The molecule has 19 nitrogen and oxygen atoms in total.